The molecule has 2 aliphatic rings. The van der Waals surface area contributed by atoms with Crippen molar-refractivity contribution in [2.45, 2.75) is 56.8 Å². The maximum absolute atomic E-state index is 14.1. The van der Waals surface area contributed by atoms with Crippen LogP contribution < -0.4 is 19.5 Å². The van der Waals surface area contributed by atoms with Crippen molar-refractivity contribution < 1.29 is 28.2 Å². The quantitative estimate of drug-likeness (QED) is 0.480. The number of amides is 2. The second-order valence-electron chi connectivity index (χ2n) is 9.40. The largest absolute Gasteiger partial charge is 0.496 e. The lowest BCUT2D eigenvalue weighted by Gasteiger charge is -2.35. The van der Waals surface area contributed by atoms with Crippen molar-refractivity contribution in [3.8, 4) is 17.2 Å². The average molecular weight is 505 g/mol. The van der Waals surface area contributed by atoms with Gasteiger partial charge in [-0.3, -0.25) is 9.59 Å². The average Bonchev–Trinajstić information content (AvgIpc) is 3.47. The highest BCUT2D eigenvalue weighted by molar-refractivity contribution is 5.90. The van der Waals surface area contributed by atoms with Gasteiger partial charge in [0.2, 0.25) is 6.10 Å². The van der Waals surface area contributed by atoms with E-state index in [4.69, 9.17) is 18.6 Å². The zero-order valence-corrected chi connectivity index (χ0v) is 20.9. The number of carbonyl (C=O) groups excluding carboxylic acids is 2. The van der Waals surface area contributed by atoms with Crippen molar-refractivity contribution in [1.82, 2.24) is 10.2 Å². The smallest absolute Gasteiger partial charge is 0.268 e. The lowest BCUT2D eigenvalue weighted by Crippen LogP contribution is -2.52. The molecule has 1 fully saturated rings. The molecule has 1 aliphatic heterocycles. The first-order chi connectivity index (χ1) is 18.1. The molecule has 1 N–H and O–H groups in total. The van der Waals surface area contributed by atoms with Gasteiger partial charge in [-0.15, -0.1) is 0 Å². The minimum atomic E-state index is -0.991. The van der Waals surface area contributed by atoms with E-state index in [0.717, 1.165) is 31.2 Å². The summed E-state index contributed by atoms with van der Waals surface area (Å²) in [6.45, 7) is 0.154. The highest BCUT2D eigenvalue weighted by Gasteiger charge is 2.40. The Bertz CT molecular complexity index is 1200. The second-order valence-corrected chi connectivity index (χ2v) is 9.40. The molecule has 0 radical (unpaired) electrons. The van der Waals surface area contributed by atoms with Crippen LogP contribution in [0.2, 0.25) is 0 Å². The first-order valence-corrected chi connectivity index (χ1v) is 12.8. The fourth-order valence-electron chi connectivity index (χ4n) is 5.04. The van der Waals surface area contributed by atoms with Gasteiger partial charge in [0.25, 0.3) is 11.8 Å². The summed E-state index contributed by atoms with van der Waals surface area (Å²) >= 11 is 0. The summed E-state index contributed by atoms with van der Waals surface area (Å²) in [4.78, 5) is 29.4. The van der Waals surface area contributed by atoms with E-state index in [1.54, 1.807) is 31.4 Å². The third-order valence-corrected chi connectivity index (χ3v) is 6.92. The first kappa shape index (κ1) is 24.7. The van der Waals surface area contributed by atoms with Crippen molar-refractivity contribution in [2.24, 2.45) is 0 Å². The van der Waals surface area contributed by atoms with Crippen LogP contribution >= 0.6 is 0 Å². The zero-order chi connectivity index (χ0) is 25.6. The maximum atomic E-state index is 14.1. The summed E-state index contributed by atoms with van der Waals surface area (Å²) in [5.74, 6) is 1.43. The van der Waals surface area contributed by atoms with Crippen LogP contribution in [-0.4, -0.2) is 42.6 Å². The van der Waals surface area contributed by atoms with Crippen LogP contribution in [0.15, 0.2) is 71.3 Å². The Labute approximate surface area is 216 Å². The van der Waals surface area contributed by atoms with E-state index in [0.29, 0.717) is 23.0 Å². The zero-order valence-electron chi connectivity index (χ0n) is 20.9. The van der Waals surface area contributed by atoms with E-state index in [1.807, 2.05) is 36.4 Å². The number of hydrogen-bond donors (Lipinski definition) is 1. The first-order valence-electron chi connectivity index (χ1n) is 12.8. The molecule has 194 valence electrons. The normalized spacial score (nSPS) is 18.0. The number of methoxy groups -OCH3 is 1. The number of nitrogens with zero attached hydrogens (tertiary/aromatic N) is 1. The molecule has 2 heterocycles. The van der Waals surface area contributed by atoms with Gasteiger partial charge in [0.1, 0.15) is 18.1 Å². The molecule has 2 atom stereocenters. The lowest BCUT2D eigenvalue weighted by molar-refractivity contribution is -0.150. The SMILES string of the molecule is COc1ccccc1CN(C(=O)[C@@H]1COc2ccccc2O1)[C@H](C(=O)NC1CCCCC1)c1ccco1. The van der Waals surface area contributed by atoms with Gasteiger partial charge >= 0.3 is 0 Å². The highest BCUT2D eigenvalue weighted by Crippen LogP contribution is 2.34. The van der Waals surface area contributed by atoms with Crippen LogP contribution in [0, 0.1) is 0 Å². The van der Waals surface area contributed by atoms with Crippen LogP contribution in [0.4, 0.5) is 0 Å². The van der Waals surface area contributed by atoms with Gasteiger partial charge in [-0.05, 0) is 43.2 Å². The minimum Gasteiger partial charge on any atom is -0.496 e. The maximum Gasteiger partial charge on any atom is 0.268 e. The molecule has 0 unspecified atom stereocenters. The molecule has 2 aromatic carbocycles. The predicted molar refractivity (Wildman–Crippen MR) is 136 cm³/mol. The molecule has 8 heteroatoms. The molecule has 8 nitrogen and oxygen atoms in total. The molecule has 0 bridgehead atoms. The Morgan fingerprint density at radius 2 is 1.76 bits per heavy atom. The summed E-state index contributed by atoms with van der Waals surface area (Å²) in [5, 5.41) is 3.18. The van der Waals surface area contributed by atoms with Crippen molar-refractivity contribution >= 4 is 11.8 Å². The number of rotatable bonds is 8. The van der Waals surface area contributed by atoms with Gasteiger partial charge in [-0.2, -0.15) is 0 Å². The van der Waals surface area contributed by atoms with Gasteiger partial charge in [-0.1, -0.05) is 49.6 Å². The monoisotopic (exact) mass is 504 g/mol. The Morgan fingerprint density at radius 1 is 1.00 bits per heavy atom. The molecular formula is C29H32N2O6. The fraction of sp³-hybridized carbons (Fsp3) is 0.379. The Balaban J connectivity index is 1.49. The summed E-state index contributed by atoms with van der Waals surface area (Å²) in [5.41, 5.74) is 0.762. The highest BCUT2D eigenvalue weighted by atomic mass is 16.6. The number of para-hydroxylation sites is 3. The topological polar surface area (TPSA) is 90.2 Å². The van der Waals surface area contributed by atoms with Gasteiger partial charge < -0.3 is 28.8 Å². The van der Waals surface area contributed by atoms with Crippen molar-refractivity contribution in [3.05, 3.63) is 78.3 Å². The van der Waals surface area contributed by atoms with Crippen LogP contribution in [0.1, 0.15) is 49.5 Å². The molecule has 2 amide bonds. The van der Waals surface area contributed by atoms with E-state index in [2.05, 4.69) is 5.32 Å². The third-order valence-electron chi connectivity index (χ3n) is 6.92. The molecule has 0 saturated heterocycles. The van der Waals surface area contributed by atoms with Crippen molar-refractivity contribution in [1.29, 1.82) is 0 Å². The van der Waals surface area contributed by atoms with E-state index in [-0.39, 0.29) is 31.0 Å². The number of fused-ring (bicyclic) bond motifs is 1. The standard InChI is InChI=1S/C29H32N2O6/c1-34-22-13-6-5-10-20(22)18-31(29(33)26-19-36-23-14-7-8-15-24(23)37-26)27(25-16-9-17-35-25)28(32)30-21-11-3-2-4-12-21/h5-10,13-17,21,26-27H,2-4,11-12,18-19H2,1H3,(H,30,32)/t26-,27-/m0/s1. The molecule has 37 heavy (non-hydrogen) atoms. The summed E-state index contributed by atoms with van der Waals surface area (Å²) in [6.07, 6.45) is 5.76. The molecule has 1 aromatic heterocycles. The summed E-state index contributed by atoms with van der Waals surface area (Å²) < 4.78 is 23.2. The van der Waals surface area contributed by atoms with E-state index in [9.17, 15) is 9.59 Å². The van der Waals surface area contributed by atoms with Crippen LogP contribution in [0.5, 0.6) is 17.2 Å². The predicted octanol–water partition coefficient (Wildman–Crippen LogP) is 4.65. The van der Waals surface area contributed by atoms with Crippen LogP contribution in [-0.2, 0) is 16.1 Å². The number of hydrogen-bond acceptors (Lipinski definition) is 6. The number of benzene rings is 2. The number of carbonyl (C=O) groups is 2. The van der Waals surface area contributed by atoms with Crippen LogP contribution in [0.25, 0.3) is 0 Å². The number of furan rings is 1. The van der Waals surface area contributed by atoms with Gasteiger partial charge in [0.05, 0.1) is 19.9 Å². The molecule has 1 aliphatic carbocycles. The van der Waals surface area contributed by atoms with E-state index in [1.165, 1.54) is 17.6 Å². The van der Waals surface area contributed by atoms with Crippen LogP contribution in [0.3, 0.4) is 0 Å². The second kappa shape index (κ2) is 11.4. The Kier molecular flexibility index (Phi) is 7.63. The van der Waals surface area contributed by atoms with E-state index >= 15 is 0 Å². The van der Waals surface area contributed by atoms with Gasteiger partial charge in [-0.25, -0.2) is 0 Å². The number of ether oxygens (including phenoxy) is 3. The fourth-order valence-corrected chi connectivity index (χ4v) is 5.04. The summed E-state index contributed by atoms with van der Waals surface area (Å²) in [7, 11) is 1.58. The molecule has 3 aromatic rings. The lowest BCUT2D eigenvalue weighted by atomic mass is 9.95. The Morgan fingerprint density at radius 3 is 2.51 bits per heavy atom. The third kappa shape index (κ3) is 5.58. The van der Waals surface area contributed by atoms with Gasteiger partial charge in [0, 0.05) is 11.6 Å². The number of nitrogens with one attached hydrogen (secondary N) is 1. The molecule has 0 spiro atoms. The Hall–Kier alpha value is -3.94. The van der Waals surface area contributed by atoms with Crippen molar-refractivity contribution in [2.75, 3.05) is 13.7 Å². The summed E-state index contributed by atoms with van der Waals surface area (Å²) in [6, 6.07) is 17.2. The molecule has 5 rings (SSSR count). The van der Waals surface area contributed by atoms with Crippen molar-refractivity contribution in [3.63, 3.8) is 0 Å². The van der Waals surface area contributed by atoms with Gasteiger partial charge in [0.15, 0.2) is 17.5 Å². The van der Waals surface area contributed by atoms with E-state index < -0.39 is 12.1 Å². The molecule has 1 saturated carbocycles. The minimum absolute atomic E-state index is 0.0351. The molecular weight excluding hydrogens is 472 g/mol.